The smallest absolute Gasteiger partial charge is 0.222 e. The molecule has 0 atom stereocenters. The highest BCUT2D eigenvalue weighted by molar-refractivity contribution is 7.80. The number of hydrogen-bond donors (Lipinski definition) is 1. The molecule has 0 aromatic carbocycles. The molecule has 0 N–H and O–H groups in total. The Kier molecular flexibility index (Phi) is 6.39. The number of likely N-dealkylation sites (tertiary alicyclic amines) is 1. The zero-order valence-corrected chi connectivity index (χ0v) is 12.3. The maximum absolute atomic E-state index is 11.9. The van der Waals surface area contributed by atoms with Crippen LogP contribution in [0.4, 0.5) is 0 Å². The fourth-order valence-corrected chi connectivity index (χ4v) is 2.52. The number of carbonyl (C=O) groups excluding carboxylic acids is 1. The average molecular weight is 257 g/mol. The SMILES string of the molecule is CC1(C)CCC(=O)N(CCCCCCS)CC1. The van der Waals surface area contributed by atoms with Gasteiger partial charge in [-0.05, 0) is 36.9 Å². The maximum atomic E-state index is 11.9. The van der Waals surface area contributed by atoms with E-state index in [1.807, 2.05) is 0 Å². The number of rotatable bonds is 6. The van der Waals surface area contributed by atoms with Gasteiger partial charge in [0.1, 0.15) is 0 Å². The summed E-state index contributed by atoms with van der Waals surface area (Å²) >= 11 is 4.21. The molecule has 2 nitrogen and oxygen atoms in total. The van der Waals surface area contributed by atoms with Crippen LogP contribution >= 0.6 is 12.6 Å². The van der Waals surface area contributed by atoms with Gasteiger partial charge in [-0.15, -0.1) is 0 Å². The molecular weight excluding hydrogens is 230 g/mol. The zero-order chi connectivity index (χ0) is 12.7. The molecule has 0 aliphatic carbocycles. The summed E-state index contributed by atoms with van der Waals surface area (Å²) in [7, 11) is 0. The van der Waals surface area contributed by atoms with Gasteiger partial charge in [-0.25, -0.2) is 0 Å². The lowest BCUT2D eigenvalue weighted by molar-refractivity contribution is -0.130. The molecule has 0 aromatic heterocycles. The molecule has 0 unspecified atom stereocenters. The Morgan fingerprint density at radius 2 is 1.88 bits per heavy atom. The molecule has 1 saturated heterocycles. The van der Waals surface area contributed by atoms with Crippen molar-refractivity contribution in [1.82, 2.24) is 4.90 Å². The molecule has 1 aliphatic rings. The van der Waals surface area contributed by atoms with E-state index in [2.05, 4.69) is 31.4 Å². The van der Waals surface area contributed by atoms with Crippen molar-refractivity contribution in [3.63, 3.8) is 0 Å². The number of nitrogens with zero attached hydrogens (tertiary/aromatic N) is 1. The zero-order valence-electron chi connectivity index (χ0n) is 11.4. The Labute approximate surface area is 112 Å². The largest absolute Gasteiger partial charge is 0.343 e. The summed E-state index contributed by atoms with van der Waals surface area (Å²) in [6.45, 7) is 6.47. The van der Waals surface area contributed by atoms with Crippen LogP contribution in [-0.4, -0.2) is 29.6 Å². The van der Waals surface area contributed by atoms with Gasteiger partial charge in [-0.3, -0.25) is 4.79 Å². The molecule has 0 bridgehead atoms. The number of hydrogen-bond acceptors (Lipinski definition) is 2. The third-order valence-electron chi connectivity index (χ3n) is 3.76. The monoisotopic (exact) mass is 257 g/mol. The Balaban J connectivity index is 2.25. The summed E-state index contributed by atoms with van der Waals surface area (Å²) in [5.41, 5.74) is 0.344. The molecule has 1 amide bonds. The molecule has 1 rings (SSSR count). The normalized spacial score (nSPS) is 20.4. The van der Waals surface area contributed by atoms with Crippen molar-refractivity contribution < 1.29 is 4.79 Å². The first-order valence-corrected chi connectivity index (χ1v) is 7.57. The van der Waals surface area contributed by atoms with Crippen molar-refractivity contribution >= 4 is 18.5 Å². The van der Waals surface area contributed by atoms with Crippen LogP contribution in [0.25, 0.3) is 0 Å². The first kappa shape index (κ1) is 14.9. The first-order valence-electron chi connectivity index (χ1n) is 6.94. The molecule has 100 valence electrons. The van der Waals surface area contributed by atoms with Gasteiger partial charge in [0.15, 0.2) is 0 Å². The summed E-state index contributed by atoms with van der Waals surface area (Å²) < 4.78 is 0. The van der Waals surface area contributed by atoms with Crippen molar-refractivity contribution in [1.29, 1.82) is 0 Å². The van der Waals surface area contributed by atoms with Crippen LogP contribution in [0.5, 0.6) is 0 Å². The predicted octanol–water partition coefficient (Wildman–Crippen LogP) is 3.52. The van der Waals surface area contributed by atoms with E-state index >= 15 is 0 Å². The van der Waals surface area contributed by atoms with Crippen LogP contribution < -0.4 is 0 Å². The van der Waals surface area contributed by atoms with E-state index in [0.29, 0.717) is 11.3 Å². The van der Waals surface area contributed by atoms with Crippen LogP contribution in [0, 0.1) is 5.41 Å². The fourth-order valence-electron chi connectivity index (χ4n) is 2.30. The van der Waals surface area contributed by atoms with Crippen molar-refractivity contribution in [2.45, 2.75) is 58.8 Å². The number of amides is 1. The second kappa shape index (κ2) is 7.30. The molecule has 0 spiro atoms. The van der Waals surface area contributed by atoms with Crippen LogP contribution in [0.3, 0.4) is 0 Å². The van der Waals surface area contributed by atoms with E-state index < -0.39 is 0 Å². The number of carbonyl (C=O) groups is 1. The molecule has 0 saturated carbocycles. The van der Waals surface area contributed by atoms with Crippen LogP contribution in [0.1, 0.15) is 58.8 Å². The summed E-state index contributed by atoms with van der Waals surface area (Å²) in [6, 6.07) is 0. The van der Waals surface area contributed by atoms with Crippen molar-refractivity contribution in [2.24, 2.45) is 5.41 Å². The van der Waals surface area contributed by atoms with Crippen LogP contribution in [-0.2, 0) is 4.79 Å². The summed E-state index contributed by atoms with van der Waals surface area (Å²) in [4.78, 5) is 14.0. The molecule has 17 heavy (non-hydrogen) atoms. The second-order valence-electron chi connectivity index (χ2n) is 5.93. The Morgan fingerprint density at radius 1 is 1.18 bits per heavy atom. The van der Waals surface area contributed by atoms with Gasteiger partial charge >= 0.3 is 0 Å². The summed E-state index contributed by atoms with van der Waals surface area (Å²) in [5, 5.41) is 0. The van der Waals surface area contributed by atoms with Gasteiger partial charge in [-0.1, -0.05) is 26.7 Å². The lowest BCUT2D eigenvalue weighted by Gasteiger charge is -2.23. The summed E-state index contributed by atoms with van der Waals surface area (Å²) in [5.74, 6) is 1.35. The highest BCUT2D eigenvalue weighted by atomic mass is 32.1. The lowest BCUT2D eigenvalue weighted by Crippen LogP contribution is -2.31. The lowest BCUT2D eigenvalue weighted by atomic mass is 9.85. The highest BCUT2D eigenvalue weighted by Gasteiger charge is 2.26. The third-order valence-corrected chi connectivity index (χ3v) is 4.08. The van der Waals surface area contributed by atoms with Crippen molar-refractivity contribution in [3.8, 4) is 0 Å². The molecule has 1 aliphatic heterocycles. The van der Waals surface area contributed by atoms with E-state index in [1.54, 1.807) is 0 Å². The second-order valence-corrected chi connectivity index (χ2v) is 6.38. The minimum atomic E-state index is 0.344. The van der Waals surface area contributed by atoms with E-state index in [9.17, 15) is 4.79 Å². The van der Waals surface area contributed by atoms with Crippen molar-refractivity contribution in [3.05, 3.63) is 0 Å². The first-order chi connectivity index (χ1) is 8.05. The van der Waals surface area contributed by atoms with Gasteiger partial charge < -0.3 is 4.90 Å². The average Bonchev–Trinajstić information content (AvgIpc) is 2.41. The number of unbranched alkanes of at least 4 members (excludes halogenated alkanes) is 3. The quantitative estimate of drug-likeness (QED) is 0.570. The minimum Gasteiger partial charge on any atom is -0.343 e. The van der Waals surface area contributed by atoms with E-state index in [0.717, 1.165) is 44.5 Å². The van der Waals surface area contributed by atoms with Gasteiger partial charge in [0.25, 0.3) is 0 Å². The molecule has 3 heteroatoms. The van der Waals surface area contributed by atoms with Crippen molar-refractivity contribution in [2.75, 3.05) is 18.8 Å². The topological polar surface area (TPSA) is 20.3 Å². The molecule has 0 radical (unpaired) electrons. The fraction of sp³-hybridized carbons (Fsp3) is 0.929. The molecular formula is C14H27NOS. The Morgan fingerprint density at radius 3 is 2.59 bits per heavy atom. The highest BCUT2D eigenvalue weighted by Crippen LogP contribution is 2.30. The van der Waals surface area contributed by atoms with Crippen LogP contribution in [0.15, 0.2) is 0 Å². The van der Waals surface area contributed by atoms with Gasteiger partial charge in [0, 0.05) is 19.5 Å². The maximum Gasteiger partial charge on any atom is 0.222 e. The Bertz CT molecular complexity index is 240. The van der Waals surface area contributed by atoms with Gasteiger partial charge in [-0.2, -0.15) is 12.6 Å². The molecule has 1 fully saturated rings. The van der Waals surface area contributed by atoms with E-state index in [4.69, 9.17) is 0 Å². The summed E-state index contributed by atoms with van der Waals surface area (Å²) in [6.07, 6.45) is 7.76. The predicted molar refractivity (Wildman–Crippen MR) is 76.5 cm³/mol. The Hall–Kier alpha value is -0.180. The molecule has 0 aromatic rings. The molecule has 1 heterocycles. The van der Waals surface area contributed by atoms with Crippen LogP contribution in [0.2, 0.25) is 0 Å². The standard InChI is InChI=1S/C14H27NOS/c1-14(2)8-7-13(16)15(11-9-14)10-5-3-4-6-12-17/h17H,3-12H2,1-2H3. The van der Waals surface area contributed by atoms with E-state index in [1.165, 1.54) is 19.3 Å². The van der Waals surface area contributed by atoms with E-state index in [-0.39, 0.29) is 0 Å². The third kappa shape index (κ3) is 5.80. The van der Waals surface area contributed by atoms with Gasteiger partial charge in [0.2, 0.25) is 5.91 Å². The minimum absolute atomic E-state index is 0.344. The van der Waals surface area contributed by atoms with Gasteiger partial charge in [0.05, 0.1) is 0 Å². The number of thiol groups is 1.